The second-order valence-corrected chi connectivity index (χ2v) is 6.21. The molecule has 6 nitrogen and oxygen atoms in total. The Hall–Kier alpha value is -2.84. The summed E-state index contributed by atoms with van der Waals surface area (Å²) in [5.74, 6) is -0.223. The Labute approximate surface area is 168 Å². The van der Waals surface area contributed by atoms with Crippen molar-refractivity contribution in [2.75, 3.05) is 5.32 Å². The number of carbonyl (C=O) groups excluding carboxylic acids is 1. The average molecular weight is 428 g/mol. The standard InChI is InChI=1S/C18H13Cl2F2N3O3/c19-12-3-1-2-4-15(12)27-10-25-14(7-8-23-25)17(26)24-11-5-6-16(13(20)9-11)28-18(21)22/h1-9,18H,10H2,(H,24,26). The second-order valence-electron chi connectivity index (χ2n) is 5.40. The van der Waals surface area contributed by atoms with Crippen molar-refractivity contribution in [3.8, 4) is 11.5 Å². The quantitative estimate of drug-likeness (QED) is 0.570. The van der Waals surface area contributed by atoms with E-state index < -0.39 is 12.5 Å². The van der Waals surface area contributed by atoms with Crippen LogP contribution in [0.2, 0.25) is 10.0 Å². The Morgan fingerprint density at radius 1 is 1.11 bits per heavy atom. The van der Waals surface area contributed by atoms with Gasteiger partial charge in [0.2, 0.25) is 0 Å². The molecule has 0 radical (unpaired) electrons. The zero-order chi connectivity index (χ0) is 20.1. The number of nitrogens with one attached hydrogen (secondary N) is 1. The van der Waals surface area contributed by atoms with Crippen LogP contribution in [0.15, 0.2) is 54.7 Å². The largest absolute Gasteiger partial charge is 0.470 e. The molecular formula is C18H13Cl2F2N3O3. The lowest BCUT2D eigenvalue weighted by molar-refractivity contribution is -0.0497. The highest BCUT2D eigenvalue weighted by molar-refractivity contribution is 6.32. The van der Waals surface area contributed by atoms with Crippen LogP contribution < -0.4 is 14.8 Å². The molecule has 1 aromatic heterocycles. The number of ether oxygens (including phenoxy) is 2. The van der Waals surface area contributed by atoms with Crippen molar-refractivity contribution in [3.05, 3.63) is 70.5 Å². The number of hydrogen-bond donors (Lipinski definition) is 1. The van der Waals surface area contributed by atoms with E-state index in [4.69, 9.17) is 27.9 Å². The Morgan fingerprint density at radius 3 is 2.61 bits per heavy atom. The third-order valence-electron chi connectivity index (χ3n) is 3.53. The molecule has 3 aromatic rings. The molecule has 1 heterocycles. The van der Waals surface area contributed by atoms with Crippen molar-refractivity contribution < 1.29 is 23.0 Å². The lowest BCUT2D eigenvalue weighted by Crippen LogP contribution is -2.19. The first kappa shape index (κ1) is 19.9. The Kier molecular flexibility index (Phi) is 6.33. The van der Waals surface area contributed by atoms with Gasteiger partial charge in [-0.25, -0.2) is 4.68 Å². The van der Waals surface area contributed by atoms with Gasteiger partial charge in [-0.1, -0.05) is 35.3 Å². The number of nitrogens with zero attached hydrogens (tertiary/aromatic N) is 2. The minimum absolute atomic E-state index is 0.0403. The van der Waals surface area contributed by atoms with Crippen molar-refractivity contribution in [3.63, 3.8) is 0 Å². The lowest BCUT2D eigenvalue weighted by Gasteiger charge is -2.12. The maximum absolute atomic E-state index is 12.5. The number of aromatic nitrogens is 2. The van der Waals surface area contributed by atoms with Gasteiger partial charge in [0.1, 0.15) is 17.2 Å². The first-order valence-corrected chi connectivity index (χ1v) is 8.64. The van der Waals surface area contributed by atoms with Crippen molar-refractivity contribution in [2.24, 2.45) is 0 Å². The van der Waals surface area contributed by atoms with Crippen LogP contribution in [0.25, 0.3) is 0 Å². The van der Waals surface area contributed by atoms with E-state index in [2.05, 4.69) is 15.2 Å². The van der Waals surface area contributed by atoms with E-state index in [-0.39, 0.29) is 23.2 Å². The van der Waals surface area contributed by atoms with Crippen LogP contribution in [-0.2, 0) is 6.73 Å². The van der Waals surface area contributed by atoms with Gasteiger partial charge in [-0.15, -0.1) is 0 Å². The molecule has 0 saturated carbocycles. The van der Waals surface area contributed by atoms with E-state index in [9.17, 15) is 13.6 Å². The Bertz CT molecular complexity index is 982. The normalized spacial score (nSPS) is 10.8. The monoisotopic (exact) mass is 427 g/mol. The highest BCUT2D eigenvalue weighted by Crippen LogP contribution is 2.29. The number of hydrogen-bond acceptors (Lipinski definition) is 4. The molecule has 0 aliphatic carbocycles. The highest BCUT2D eigenvalue weighted by atomic mass is 35.5. The van der Waals surface area contributed by atoms with E-state index >= 15 is 0 Å². The number of benzene rings is 2. The molecule has 28 heavy (non-hydrogen) atoms. The minimum Gasteiger partial charge on any atom is -0.470 e. The summed E-state index contributed by atoms with van der Waals surface area (Å²) < 4.78 is 35.7. The van der Waals surface area contributed by atoms with E-state index in [1.54, 1.807) is 24.3 Å². The van der Waals surface area contributed by atoms with Gasteiger partial charge < -0.3 is 14.8 Å². The molecule has 0 atom stereocenters. The number of halogens is 4. The number of amides is 1. The molecule has 2 aromatic carbocycles. The lowest BCUT2D eigenvalue weighted by atomic mass is 10.3. The zero-order valence-electron chi connectivity index (χ0n) is 14.1. The number of para-hydroxylation sites is 1. The second kappa shape index (κ2) is 8.90. The summed E-state index contributed by atoms with van der Waals surface area (Å²) in [6, 6.07) is 12.3. The van der Waals surface area contributed by atoms with Crippen LogP contribution in [0, 0.1) is 0 Å². The van der Waals surface area contributed by atoms with Gasteiger partial charge in [0.05, 0.1) is 10.0 Å². The maximum Gasteiger partial charge on any atom is 0.387 e. The highest BCUT2D eigenvalue weighted by Gasteiger charge is 2.15. The van der Waals surface area contributed by atoms with Gasteiger partial charge in [-0.05, 0) is 36.4 Å². The summed E-state index contributed by atoms with van der Waals surface area (Å²) in [5, 5.41) is 7.02. The molecule has 0 aliphatic rings. The van der Waals surface area contributed by atoms with Crippen molar-refractivity contribution in [1.29, 1.82) is 0 Å². The van der Waals surface area contributed by atoms with Gasteiger partial charge >= 0.3 is 6.61 Å². The maximum atomic E-state index is 12.5. The van der Waals surface area contributed by atoms with Gasteiger partial charge in [0, 0.05) is 11.9 Å². The zero-order valence-corrected chi connectivity index (χ0v) is 15.6. The van der Waals surface area contributed by atoms with Gasteiger partial charge in [0.15, 0.2) is 6.73 Å². The van der Waals surface area contributed by atoms with Crippen LogP contribution in [0.5, 0.6) is 11.5 Å². The van der Waals surface area contributed by atoms with Crippen LogP contribution in [-0.4, -0.2) is 22.3 Å². The Balaban J connectivity index is 1.68. The fourth-order valence-electron chi connectivity index (χ4n) is 2.29. The SMILES string of the molecule is O=C(Nc1ccc(OC(F)F)c(Cl)c1)c1ccnn1COc1ccccc1Cl. The predicted molar refractivity (Wildman–Crippen MR) is 100 cm³/mol. The smallest absolute Gasteiger partial charge is 0.387 e. The van der Waals surface area contributed by atoms with Gasteiger partial charge in [-0.3, -0.25) is 4.79 Å². The molecule has 3 rings (SSSR count). The number of rotatable bonds is 7. The van der Waals surface area contributed by atoms with Crippen LogP contribution >= 0.6 is 23.2 Å². The molecule has 0 bridgehead atoms. The molecule has 10 heteroatoms. The van der Waals surface area contributed by atoms with Gasteiger partial charge in [-0.2, -0.15) is 13.9 Å². The third kappa shape index (κ3) is 4.90. The van der Waals surface area contributed by atoms with E-state index in [0.29, 0.717) is 16.5 Å². The van der Waals surface area contributed by atoms with Crippen LogP contribution in [0.1, 0.15) is 10.5 Å². The summed E-state index contributed by atoms with van der Waals surface area (Å²) in [7, 11) is 0. The minimum atomic E-state index is -2.99. The number of carbonyl (C=O) groups is 1. The number of anilines is 1. The average Bonchev–Trinajstić information content (AvgIpc) is 3.12. The fourth-order valence-corrected chi connectivity index (χ4v) is 2.70. The molecule has 1 N–H and O–H groups in total. The molecule has 0 saturated heterocycles. The summed E-state index contributed by atoms with van der Waals surface area (Å²) in [5.41, 5.74) is 0.521. The summed E-state index contributed by atoms with van der Waals surface area (Å²) in [6.45, 7) is -3.04. The van der Waals surface area contributed by atoms with E-state index in [0.717, 1.165) is 0 Å². The number of alkyl halides is 2. The first-order valence-electron chi connectivity index (χ1n) is 7.89. The molecule has 146 valence electrons. The van der Waals surface area contributed by atoms with E-state index in [1.165, 1.54) is 35.1 Å². The van der Waals surface area contributed by atoms with Crippen LogP contribution in [0.3, 0.4) is 0 Å². The molecule has 0 unspecified atom stereocenters. The van der Waals surface area contributed by atoms with Crippen molar-refractivity contribution in [1.82, 2.24) is 9.78 Å². The molecule has 1 amide bonds. The third-order valence-corrected chi connectivity index (χ3v) is 4.14. The first-order chi connectivity index (χ1) is 13.4. The van der Waals surface area contributed by atoms with Crippen molar-refractivity contribution in [2.45, 2.75) is 13.3 Å². The summed E-state index contributed by atoms with van der Waals surface area (Å²) in [4.78, 5) is 12.5. The van der Waals surface area contributed by atoms with E-state index in [1.807, 2.05) is 0 Å². The molecular weight excluding hydrogens is 415 g/mol. The molecule has 0 aliphatic heterocycles. The van der Waals surface area contributed by atoms with Crippen LogP contribution in [0.4, 0.5) is 14.5 Å². The topological polar surface area (TPSA) is 65.4 Å². The molecule has 0 fully saturated rings. The van der Waals surface area contributed by atoms with Crippen molar-refractivity contribution >= 4 is 34.8 Å². The predicted octanol–water partition coefficient (Wildman–Crippen LogP) is 5.08. The fraction of sp³-hybridized carbons (Fsp3) is 0.111. The summed E-state index contributed by atoms with van der Waals surface area (Å²) in [6.07, 6.45) is 1.44. The Morgan fingerprint density at radius 2 is 1.89 bits per heavy atom. The summed E-state index contributed by atoms with van der Waals surface area (Å²) >= 11 is 11.9. The van der Waals surface area contributed by atoms with Gasteiger partial charge in [0.25, 0.3) is 5.91 Å². The molecule has 0 spiro atoms.